The van der Waals surface area contributed by atoms with Crippen molar-refractivity contribution in [3.8, 4) is 5.69 Å². The number of rotatable bonds is 2. The molecule has 0 spiro atoms. The van der Waals surface area contributed by atoms with Crippen LogP contribution in [0.5, 0.6) is 0 Å². The molecule has 2 heterocycles. The number of anilines is 2. The molecule has 0 amide bonds. The van der Waals surface area contributed by atoms with Gasteiger partial charge < -0.3 is 10.6 Å². The lowest BCUT2D eigenvalue weighted by Gasteiger charge is -2.20. The molecular weight excluding hydrogens is 214 g/mol. The predicted molar refractivity (Wildman–Crippen MR) is 67.2 cm³/mol. The van der Waals surface area contributed by atoms with Gasteiger partial charge in [-0.25, -0.2) is 0 Å². The van der Waals surface area contributed by atoms with Crippen LogP contribution in [0.1, 0.15) is 12.8 Å². The van der Waals surface area contributed by atoms with Gasteiger partial charge in [0.2, 0.25) is 0 Å². The van der Waals surface area contributed by atoms with Crippen molar-refractivity contribution in [1.82, 2.24) is 14.8 Å². The Labute approximate surface area is 99.9 Å². The Morgan fingerprint density at radius 3 is 2.41 bits per heavy atom. The van der Waals surface area contributed by atoms with Crippen LogP contribution < -0.4 is 10.6 Å². The number of nitrogen functional groups attached to an aromatic ring is 1. The zero-order valence-corrected chi connectivity index (χ0v) is 9.58. The molecule has 0 saturated carbocycles. The Hall–Kier alpha value is -2.04. The molecule has 2 aromatic rings. The molecule has 1 aliphatic heterocycles. The number of benzene rings is 1. The van der Waals surface area contributed by atoms with Gasteiger partial charge in [-0.15, -0.1) is 10.2 Å². The van der Waals surface area contributed by atoms with Crippen molar-refractivity contribution < 1.29 is 0 Å². The molecular formula is C12H15N5. The topological polar surface area (TPSA) is 60.0 Å². The minimum atomic E-state index is 0.818. The highest BCUT2D eigenvalue weighted by molar-refractivity contribution is 5.70. The summed E-state index contributed by atoms with van der Waals surface area (Å²) in [5.74, 6) is 0. The molecule has 88 valence electrons. The zero-order valence-electron chi connectivity index (χ0n) is 9.58. The van der Waals surface area contributed by atoms with Gasteiger partial charge in [0, 0.05) is 13.1 Å². The Morgan fingerprint density at radius 1 is 1.06 bits per heavy atom. The first kappa shape index (κ1) is 10.1. The molecule has 0 radical (unpaired) electrons. The minimum Gasteiger partial charge on any atom is -0.397 e. The first-order valence-electron chi connectivity index (χ1n) is 5.84. The van der Waals surface area contributed by atoms with Crippen molar-refractivity contribution in [2.24, 2.45) is 0 Å². The molecule has 1 aromatic heterocycles. The zero-order chi connectivity index (χ0) is 11.7. The smallest absolute Gasteiger partial charge is 0.123 e. The van der Waals surface area contributed by atoms with Gasteiger partial charge in [-0.3, -0.25) is 4.57 Å². The molecule has 17 heavy (non-hydrogen) atoms. The lowest BCUT2D eigenvalue weighted by molar-refractivity contribution is 0.949. The molecule has 3 rings (SSSR count). The number of aromatic nitrogens is 3. The SMILES string of the molecule is Nc1cc(-n2cnnc2)ccc1N1CCCC1. The van der Waals surface area contributed by atoms with E-state index < -0.39 is 0 Å². The van der Waals surface area contributed by atoms with Crippen molar-refractivity contribution in [2.75, 3.05) is 23.7 Å². The van der Waals surface area contributed by atoms with E-state index in [9.17, 15) is 0 Å². The molecule has 2 N–H and O–H groups in total. The maximum absolute atomic E-state index is 6.11. The van der Waals surface area contributed by atoms with E-state index >= 15 is 0 Å². The fourth-order valence-corrected chi connectivity index (χ4v) is 2.28. The molecule has 1 aromatic carbocycles. The van der Waals surface area contributed by atoms with Crippen molar-refractivity contribution in [2.45, 2.75) is 12.8 Å². The second-order valence-electron chi connectivity index (χ2n) is 4.31. The van der Waals surface area contributed by atoms with Crippen LogP contribution in [0.4, 0.5) is 11.4 Å². The van der Waals surface area contributed by atoms with Crippen LogP contribution >= 0.6 is 0 Å². The predicted octanol–water partition coefficient (Wildman–Crippen LogP) is 1.45. The van der Waals surface area contributed by atoms with Crippen molar-refractivity contribution in [3.05, 3.63) is 30.9 Å². The number of nitrogens with zero attached hydrogens (tertiary/aromatic N) is 4. The molecule has 5 nitrogen and oxygen atoms in total. The summed E-state index contributed by atoms with van der Waals surface area (Å²) >= 11 is 0. The molecule has 0 unspecified atom stereocenters. The first-order chi connectivity index (χ1) is 8.34. The number of nitrogens with two attached hydrogens (primary N) is 1. The summed E-state index contributed by atoms with van der Waals surface area (Å²) in [6.07, 6.45) is 5.86. The van der Waals surface area contributed by atoms with Crippen LogP contribution in [0.3, 0.4) is 0 Å². The van der Waals surface area contributed by atoms with E-state index in [1.807, 2.05) is 16.7 Å². The number of hydrogen-bond acceptors (Lipinski definition) is 4. The van der Waals surface area contributed by atoms with Gasteiger partial charge in [0.25, 0.3) is 0 Å². The molecule has 0 bridgehead atoms. The van der Waals surface area contributed by atoms with Gasteiger partial charge in [-0.2, -0.15) is 0 Å². The Morgan fingerprint density at radius 2 is 1.76 bits per heavy atom. The lowest BCUT2D eigenvalue weighted by Crippen LogP contribution is -2.19. The van der Waals surface area contributed by atoms with E-state index in [1.54, 1.807) is 12.7 Å². The van der Waals surface area contributed by atoms with Gasteiger partial charge in [0.05, 0.1) is 17.1 Å². The summed E-state index contributed by atoms with van der Waals surface area (Å²) in [5, 5.41) is 7.58. The maximum Gasteiger partial charge on any atom is 0.123 e. The van der Waals surface area contributed by atoms with Gasteiger partial charge in [-0.1, -0.05) is 0 Å². The fourth-order valence-electron chi connectivity index (χ4n) is 2.28. The largest absolute Gasteiger partial charge is 0.397 e. The third kappa shape index (κ3) is 1.84. The molecule has 5 heteroatoms. The standard InChI is InChI=1S/C12H15N5/c13-11-7-10(17-8-14-15-9-17)3-4-12(11)16-5-1-2-6-16/h3-4,7-9H,1-2,5-6,13H2. The Balaban J connectivity index is 1.94. The highest BCUT2D eigenvalue weighted by Crippen LogP contribution is 2.28. The molecule has 1 fully saturated rings. The van der Waals surface area contributed by atoms with E-state index in [0.717, 1.165) is 30.2 Å². The van der Waals surface area contributed by atoms with E-state index in [2.05, 4.69) is 21.2 Å². The van der Waals surface area contributed by atoms with Gasteiger partial charge in [0.1, 0.15) is 12.7 Å². The van der Waals surface area contributed by atoms with Crippen molar-refractivity contribution in [1.29, 1.82) is 0 Å². The van der Waals surface area contributed by atoms with Crippen molar-refractivity contribution in [3.63, 3.8) is 0 Å². The second-order valence-corrected chi connectivity index (χ2v) is 4.31. The van der Waals surface area contributed by atoms with Crippen LogP contribution in [-0.4, -0.2) is 27.9 Å². The quantitative estimate of drug-likeness (QED) is 0.792. The van der Waals surface area contributed by atoms with Crippen LogP contribution in [0.15, 0.2) is 30.9 Å². The Kier molecular flexibility index (Phi) is 2.44. The number of hydrogen-bond donors (Lipinski definition) is 1. The normalized spacial score (nSPS) is 15.4. The van der Waals surface area contributed by atoms with Crippen LogP contribution in [-0.2, 0) is 0 Å². The van der Waals surface area contributed by atoms with Gasteiger partial charge in [0.15, 0.2) is 0 Å². The van der Waals surface area contributed by atoms with Crippen LogP contribution in [0.2, 0.25) is 0 Å². The highest BCUT2D eigenvalue weighted by Gasteiger charge is 2.14. The van der Waals surface area contributed by atoms with E-state index in [-0.39, 0.29) is 0 Å². The average molecular weight is 229 g/mol. The van der Waals surface area contributed by atoms with E-state index in [1.165, 1.54) is 12.8 Å². The summed E-state index contributed by atoms with van der Waals surface area (Å²) in [6, 6.07) is 6.10. The molecule has 0 atom stereocenters. The third-order valence-electron chi connectivity index (χ3n) is 3.17. The average Bonchev–Trinajstić information content (AvgIpc) is 3.02. The van der Waals surface area contributed by atoms with Crippen LogP contribution in [0, 0.1) is 0 Å². The third-order valence-corrected chi connectivity index (χ3v) is 3.17. The summed E-state index contributed by atoms with van der Waals surface area (Å²) in [7, 11) is 0. The van der Waals surface area contributed by atoms with Gasteiger partial charge in [-0.05, 0) is 31.0 Å². The maximum atomic E-state index is 6.11. The van der Waals surface area contributed by atoms with Gasteiger partial charge >= 0.3 is 0 Å². The summed E-state index contributed by atoms with van der Waals surface area (Å²) in [5.41, 5.74) is 9.06. The first-order valence-corrected chi connectivity index (χ1v) is 5.84. The van der Waals surface area contributed by atoms with E-state index in [4.69, 9.17) is 5.73 Å². The fraction of sp³-hybridized carbons (Fsp3) is 0.333. The van der Waals surface area contributed by atoms with Crippen molar-refractivity contribution >= 4 is 11.4 Å². The lowest BCUT2D eigenvalue weighted by atomic mass is 10.2. The summed E-state index contributed by atoms with van der Waals surface area (Å²) < 4.78 is 1.85. The molecule has 1 aliphatic rings. The molecule has 1 saturated heterocycles. The highest BCUT2D eigenvalue weighted by atomic mass is 15.2. The minimum absolute atomic E-state index is 0.818. The summed E-state index contributed by atoms with van der Waals surface area (Å²) in [4.78, 5) is 2.34. The molecule has 0 aliphatic carbocycles. The summed E-state index contributed by atoms with van der Waals surface area (Å²) in [6.45, 7) is 2.21. The monoisotopic (exact) mass is 229 g/mol. The Bertz CT molecular complexity index is 500. The second kappa shape index (κ2) is 4.08. The van der Waals surface area contributed by atoms with E-state index in [0.29, 0.717) is 0 Å². The van der Waals surface area contributed by atoms with Crippen LogP contribution in [0.25, 0.3) is 5.69 Å².